The molecular weight excluding hydrogens is 240 g/mol. The first-order chi connectivity index (χ1) is 7.25. The molecule has 0 aliphatic carbocycles. The van der Waals surface area contributed by atoms with Gasteiger partial charge < -0.3 is 10.4 Å². The summed E-state index contributed by atoms with van der Waals surface area (Å²) in [5.41, 5.74) is 0.467. The van der Waals surface area contributed by atoms with Crippen LogP contribution in [0, 0.1) is 0 Å². The highest BCUT2D eigenvalue weighted by molar-refractivity contribution is 5.85. The van der Waals surface area contributed by atoms with Crippen molar-refractivity contribution in [2.24, 2.45) is 0 Å². The lowest BCUT2D eigenvalue weighted by atomic mass is 10.3. The van der Waals surface area contributed by atoms with Gasteiger partial charge in [0.25, 0.3) is 0 Å². The van der Waals surface area contributed by atoms with Crippen molar-refractivity contribution in [2.45, 2.75) is 25.9 Å². The Morgan fingerprint density at radius 1 is 1.44 bits per heavy atom. The Morgan fingerprint density at radius 2 is 2.19 bits per heavy atom. The predicted molar refractivity (Wildman–Crippen MR) is 58.8 cm³/mol. The summed E-state index contributed by atoms with van der Waals surface area (Å²) in [7, 11) is 0. The van der Waals surface area contributed by atoms with Crippen molar-refractivity contribution in [3.8, 4) is 0 Å². The van der Waals surface area contributed by atoms with Gasteiger partial charge in [0.2, 0.25) is 0 Å². The van der Waals surface area contributed by atoms with Crippen LogP contribution < -0.4 is 5.32 Å². The van der Waals surface area contributed by atoms with Crippen LogP contribution >= 0.6 is 12.4 Å². The highest BCUT2D eigenvalue weighted by Crippen LogP contribution is 2.11. The zero-order chi connectivity index (χ0) is 11.1. The zero-order valence-electron chi connectivity index (χ0n) is 8.77. The number of hydrogen-bond acceptors (Lipinski definition) is 3. The topological polar surface area (TPSA) is 50.1 Å². The molecule has 0 atom stereocenters. The van der Waals surface area contributed by atoms with E-state index in [-0.39, 0.29) is 19.0 Å². The summed E-state index contributed by atoms with van der Waals surface area (Å²) in [6, 6.07) is 1.56. The van der Waals surface area contributed by atoms with E-state index in [1.54, 1.807) is 6.07 Å². The third-order valence-electron chi connectivity index (χ3n) is 2.00. The molecule has 0 amide bonds. The molecule has 1 aromatic heterocycles. The van der Waals surface area contributed by atoms with Crippen LogP contribution in [0.1, 0.15) is 25.1 Å². The van der Waals surface area contributed by atoms with Gasteiger partial charge in [0, 0.05) is 19.3 Å². The van der Waals surface area contributed by atoms with Crippen molar-refractivity contribution in [1.29, 1.82) is 0 Å². The van der Waals surface area contributed by atoms with Crippen LogP contribution in [0.3, 0.4) is 0 Å². The van der Waals surface area contributed by atoms with Gasteiger partial charge in [-0.1, -0.05) is 0 Å². The number of halogens is 3. The molecule has 0 aromatic carbocycles. The molecule has 1 aromatic rings. The predicted octanol–water partition coefficient (Wildman–Crippen LogP) is 1.56. The lowest BCUT2D eigenvalue weighted by Gasteiger charge is -2.07. The van der Waals surface area contributed by atoms with Crippen LogP contribution in [-0.2, 0) is 6.54 Å². The molecule has 94 valence electrons. The van der Waals surface area contributed by atoms with Crippen molar-refractivity contribution < 1.29 is 13.9 Å². The molecule has 0 saturated carbocycles. The second-order valence-corrected chi connectivity index (χ2v) is 3.15. The Balaban J connectivity index is 0.00000225. The largest absolute Gasteiger partial charge is 0.396 e. The van der Waals surface area contributed by atoms with Crippen molar-refractivity contribution in [3.05, 3.63) is 18.0 Å². The van der Waals surface area contributed by atoms with Gasteiger partial charge in [0.1, 0.15) is 0 Å². The second kappa shape index (κ2) is 8.43. The summed E-state index contributed by atoms with van der Waals surface area (Å²) in [6.45, 7) is -1.35. The minimum Gasteiger partial charge on any atom is -0.396 e. The van der Waals surface area contributed by atoms with Crippen LogP contribution in [0.4, 0.5) is 8.78 Å². The molecule has 4 nitrogen and oxygen atoms in total. The molecule has 0 spiro atoms. The smallest absolute Gasteiger partial charge is 0.333 e. The standard InChI is InChI=1S/C9H15F2N3O.ClH/c10-9(11)14-8(3-5-13-14)7-12-4-1-2-6-15;/h3,5,9,12,15H,1-2,4,6-7H2;1H. The van der Waals surface area contributed by atoms with Gasteiger partial charge in [0.05, 0.1) is 5.69 Å². The van der Waals surface area contributed by atoms with Crippen LogP contribution in [0.5, 0.6) is 0 Å². The summed E-state index contributed by atoms with van der Waals surface area (Å²) in [5.74, 6) is 0. The van der Waals surface area contributed by atoms with E-state index in [1.807, 2.05) is 0 Å². The molecule has 7 heteroatoms. The van der Waals surface area contributed by atoms with E-state index >= 15 is 0 Å². The van der Waals surface area contributed by atoms with Crippen molar-refractivity contribution in [2.75, 3.05) is 13.2 Å². The summed E-state index contributed by atoms with van der Waals surface area (Å²) in [6.07, 6.45) is 2.91. The Morgan fingerprint density at radius 3 is 2.81 bits per heavy atom. The third-order valence-corrected chi connectivity index (χ3v) is 2.00. The number of unbranched alkanes of at least 4 members (excludes halogenated alkanes) is 1. The number of alkyl halides is 2. The summed E-state index contributed by atoms with van der Waals surface area (Å²) in [4.78, 5) is 0. The SMILES string of the molecule is Cl.OCCCCNCc1ccnn1C(F)F. The normalized spacial score (nSPS) is 10.5. The Bertz CT molecular complexity index is 283. The molecule has 0 fully saturated rings. The van der Waals surface area contributed by atoms with Crippen LogP contribution in [0.2, 0.25) is 0 Å². The van der Waals surface area contributed by atoms with E-state index in [4.69, 9.17) is 5.11 Å². The minimum atomic E-state index is -2.59. The maximum atomic E-state index is 12.3. The quantitative estimate of drug-likeness (QED) is 0.727. The fourth-order valence-corrected chi connectivity index (χ4v) is 1.24. The Hall–Kier alpha value is -0.720. The number of hydrogen-bond donors (Lipinski definition) is 2. The average molecular weight is 256 g/mol. The molecule has 0 saturated heterocycles. The minimum absolute atomic E-state index is 0. The highest BCUT2D eigenvalue weighted by atomic mass is 35.5. The summed E-state index contributed by atoms with van der Waals surface area (Å²) in [5, 5.41) is 15.1. The van der Waals surface area contributed by atoms with Gasteiger partial charge in [-0.05, 0) is 25.5 Å². The monoisotopic (exact) mass is 255 g/mol. The van der Waals surface area contributed by atoms with Crippen molar-refractivity contribution in [3.63, 3.8) is 0 Å². The average Bonchev–Trinajstić information content (AvgIpc) is 2.66. The first kappa shape index (κ1) is 15.3. The number of rotatable bonds is 7. The second-order valence-electron chi connectivity index (χ2n) is 3.15. The molecule has 1 rings (SSSR count). The van der Waals surface area contributed by atoms with Crippen LogP contribution in [-0.4, -0.2) is 28.0 Å². The highest BCUT2D eigenvalue weighted by Gasteiger charge is 2.10. The Labute approximate surface area is 99.1 Å². The van der Waals surface area contributed by atoms with Gasteiger partial charge in [-0.3, -0.25) is 0 Å². The van der Waals surface area contributed by atoms with Gasteiger partial charge in [-0.25, -0.2) is 4.68 Å². The van der Waals surface area contributed by atoms with Crippen LogP contribution in [0.15, 0.2) is 12.3 Å². The molecule has 1 heterocycles. The van der Waals surface area contributed by atoms with E-state index in [0.29, 0.717) is 23.5 Å². The van der Waals surface area contributed by atoms with E-state index in [9.17, 15) is 8.78 Å². The summed E-state index contributed by atoms with van der Waals surface area (Å²) >= 11 is 0. The first-order valence-corrected chi connectivity index (χ1v) is 4.88. The zero-order valence-corrected chi connectivity index (χ0v) is 9.59. The molecule has 0 radical (unpaired) electrons. The van der Waals surface area contributed by atoms with Crippen LogP contribution in [0.25, 0.3) is 0 Å². The number of aromatic nitrogens is 2. The number of aliphatic hydroxyl groups is 1. The van der Waals surface area contributed by atoms with Gasteiger partial charge in [-0.2, -0.15) is 13.9 Å². The maximum Gasteiger partial charge on any atom is 0.333 e. The van der Waals surface area contributed by atoms with Gasteiger partial charge >= 0.3 is 6.55 Å². The van der Waals surface area contributed by atoms with E-state index in [2.05, 4.69) is 10.4 Å². The maximum absolute atomic E-state index is 12.3. The lowest BCUT2D eigenvalue weighted by Crippen LogP contribution is -2.18. The third kappa shape index (κ3) is 4.87. The molecule has 0 unspecified atom stereocenters. The van der Waals surface area contributed by atoms with Crippen molar-refractivity contribution in [1.82, 2.24) is 15.1 Å². The molecule has 2 N–H and O–H groups in total. The fourth-order valence-electron chi connectivity index (χ4n) is 1.24. The Kier molecular flexibility index (Phi) is 8.05. The molecule has 0 aliphatic heterocycles. The lowest BCUT2D eigenvalue weighted by molar-refractivity contribution is 0.0531. The fraction of sp³-hybridized carbons (Fsp3) is 0.667. The van der Waals surface area contributed by atoms with Gasteiger partial charge in [-0.15, -0.1) is 12.4 Å². The molecular formula is C9H16ClF2N3O. The van der Waals surface area contributed by atoms with E-state index in [1.165, 1.54) is 6.20 Å². The first-order valence-electron chi connectivity index (χ1n) is 4.88. The van der Waals surface area contributed by atoms with E-state index < -0.39 is 6.55 Å². The van der Waals surface area contributed by atoms with Gasteiger partial charge in [0.15, 0.2) is 0 Å². The summed E-state index contributed by atoms with van der Waals surface area (Å²) < 4.78 is 25.4. The number of nitrogens with zero attached hydrogens (tertiary/aromatic N) is 2. The molecule has 0 aliphatic rings. The molecule has 0 bridgehead atoms. The number of nitrogens with one attached hydrogen (secondary N) is 1. The number of aliphatic hydroxyl groups excluding tert-OH is 1. The van der Waals surface area contributed by atoms with E-state index in [0.717, 1.165) is 12.8 Å². The van der Waals surface area contributed by atoms with Crippen molar-refractivity contribution >= 4 is 12.4 Å². The molecule has 16 heavy (non-hydrogen) atoms.